The molecule has 1 aliphatic rings. The molecule has 3 rings (SSSR count). The van der Waals surface area contributed by atoms with E-state index in [4.69, 9.17) is 10.00 Å². The van der Waals surface area contributed by atoms with Crippen LogP contribution < -0.4 is 4.74 Å². The van der Waals surface area contributed by atoms with Gasteiger partial charge < -0.3 is 14.7 Å². The Morgan fingerprint density at radius 2 is 1.91 bits per heavy atom. The Bertz CT molecular complexity index is 1170. The Morgan fingerprint density at radius 3 is 2.50 bits per heavy atom. The molecule has 0 saturated carbocycles. The molecule has 1 aliphatic heterocycles. The van der Waals surface area contributed by atoms with E-state index in [1.54, 1.807) is 62.2 Å². The summed E-state index contributed by atoms with van der Waals surface area (Å²) >= 11 is 0. The molecule has 2 aromatic carbocycles. The molecule has 0 saturated heterocycles. The van der Waals surface area contributed by atoms with Crippen LogP contribution in [0.2, 0.25) is 0 Å². The molecule has 9 heteroatoms. The molecule has 2 aromatic rings. The zero-order valence-corrected chi connectivity index (χ0v) is 20.7. The number of nitriles is 1. The minimum absolute atomic E-state index is 0.0200. The largest absolute Gasteiger partial charge is 0.487 e. The molecular formula is C25H31N3O5S. The summed E-state index contributed by atoms with van der Waals surface area (Å²) in [4.78, 5) is 13.8. The fraction of sp³-hybridized carbons (Fsp3) is 0.440. The Kier molecular flexibility index (Phi) is 7.97. The third kappa shape index (κ3) is 5.25. The molecule has 0 radical (unpaired) electrons. The summed E-state index contributed by atoms with van der Waals surface area (Å²) in [7, 11) is -2.24. The summed E-state index contributed by atoms with van der Waals surface area (Å²) in [5, 5.41) is 18.8. The first-order chi connectivity index (χ1) is 16.1. The van der Waals surface area contributed by atoms with E-state index in [0.29, 0.717) is 18.5 Å². The van der Waals surface area contributed by atoms with Gasteiger partial charge in [0.05, 0.1) is 24.8 Å². The lowest BCUT2D eigenvalue weighted by atomic mass is 10.0. The molecule has 0 aromatic heterocycles. The topological polar surface area (TPSA) is 111 Å². The van der Waals surface area contributed by atoms with Crippen LogP contribution >= 0.6 is 0 Å². The Morgan fingerprint density at radius 1 is 1.26 bits per heavy atom. The van der Waals surface area contributed by atoms with Crippen LogP contribution in [0.5, 0.6) is 5.75 Å². The summed E-state index contributed by atoms with van der Waals surface area (Å²) < 4.78 is 34.8. The Labute approximate surface area is 201 Å². The summed E-state index contributed by atoms with van der Waals surface area (Å²) in [5.74, 6) is -0.0777. The van der Waals surface area contributed by atoms with Crippen molar-refractivity contribution in [2.24, 2.45) is 5.92 Å². The number of fused-ring (bicyclic) bond motifs is 1. The first kappa shape index (κ1) is 25.7. The number of benzene rings is 2. The van der Waals surface area contributed by atoms with Crippen LogP contribution in [0.15, 0.2) is 47.4 Å². The van der Waals surface area contributed by atoms with Crippen molar-refractivity contribution < 1.29 is 23.1 Å². The lowest BCUT2D eigenvalue weighted by Gasteiger charge is -2.37. The second kappa shape index (κ2) is 10.6. The number of likely N-dealkylation sites (N-methyl/N-ethyl adjacent to an activating group) is 1. The van der Waals surface area contributed by atoms with Gasteiger partial charge in [-0.15, -0.1) is 0 Å². The molecule has 0 bridgehead atoms. The zero-order chi connectivity index (χ0) is 25.0. The average molecular weight is 486 g/mol. The van der Waals surface area contributed by atoms with Crippen molar-refractivity contribution >= 4 is 15.9 Å². The predicted octanol–water partition coefficient (Wildman–Crippen LogP) is 2.86. The zero-order valence-electron chi connectivity index (χ0n) is 19.9. The first-order valence-corrected chi connectivity index (χ1v) is 12.7. The molecule has 0 fully saturated rings. The molecule has 34 heavy (non-hydrogen) atoms. The van der Waals surface area contributed by atoms with E-state index in [1.807, 2.05) is 6.92 Å². The maximum absolute atomic E-state index is 13.6. The third-order valence-electron chi connectivity index (χ3n) is 6.20. The minimum Gasteiger partial charge on any atom is -0.487 e. The fourth-order valence-electron chi connectivity index (χ4n) is 4.00. The van der Waals surface area contributed by atoms with Crippen LogP contribution in [0.4, 0.5) is 0 Å². The van der Waals surface area contributed by atoms with Crippen molar-refractivity contribution in [3.05, 3.63) is 48.0 Å². The van der Waals surface area contributed by atoms with Gasteiger partial charge in [0, 0.05) is 32.0 Å². The van der Waals surface area contributed by atoms with Gasteiger partial charge in [0.2, 0.25) is 15.9 Å². The number of carbonyl (C=O) groups excluding carboxylic acids is 1. The van der Waals surface area contributed by atoms with Crippen LogP contribution in [0, 0.1) is 17.2 Å². The second-order valence-electron chi connectivity index (χ2n) is 8.72. The average Bonchev–Trinajstić information content (AvgIpc) is 2.84. The van der Waals surface area contributed by atoms with Gasteiger partial charge in [-0.05, 0) is 42.3 Å². The maximum Gasteiger partial charge on any atom is 0.247 e. The highest BCUT2D eigenvalue weighted by Gasteiger charge is 2.38. The fourth-order valence-corrected chi connectivity index (χ4v) is 5.83. The van der Waals surface area contributed by atoms with Crippen LogP contribution in [-0.4, -0.2) is 67.5 Å². The molecule has 0 unspecified atom stereocenters. The molecule has 0 spiro atoms. The highest BCUT2D eigenvalue weighted by atomic mass is 32.2. The number of aliphatic hydroxyl groups is 1. The first-order valence-electron chi connectivity index (χ1n) is 11.3. The number of nitrogens with zero attached hydrogens (tertiary/aromatic N) is 3. The van der Waals surface area contributed by atoms with Crippen molar-refractivity contribution in [3.63, 3.8) is 0 Å². The highest BCUT2D eigenvalue weighted by molar-refractivity contribution is 7.89. The number of amides is 1. The van der Waals surface area contributed by atoms with Crippen LogP contribution in [0.3, 0.4) is 0 Å². The summed E-state index contributed by atoms with van der Waals surface area (Å²) in [5.41, 5.74) is 2.08. The number of ether oxygens (including phenoxy) is 1. The van der Waals surface area contributed by atoms with Crippen LogP contribution in [-0.2, 0) is 14.8 Å². The van der Waals surface area contributed by atoms with E-state index in [0.717, 1.165) is 11.1 Å². The summed E-state index contributed by atoms with van der Waals surface area (Å²) in [6, 6.07) is 13.4. The van der Waals surface area contributed by atoms with E-state index in [1.165, 1.54) is 10.4 Å². The lowest BCUT2D eigenvalue weighted by Crippen LogP contribution is -2.50. The van der Waals surface area contributed by atoms with Crippen molar-refractivity contribution in [3.8, 4) is 22.9 Å². The number of hydrogen-bond acceptors (Lipinski definition) is 6. The van der Waals surface area contributed by atoms with Gasteiger partial charge in [-0.3, -0.25) is 4.79 Å². The molecule has 182 valence electrons. The van der Waals surface area contributed by atoms with Crippen LogP contribution in [0.25, 0.3) is 11.1 Å². The summed E-state index contributed by atoms with van der Waals surface area (Å²) in [6.07, 6.45) is -0.0987. The number of hydrogen-bond donors (Lipinski definition) is 1. The monoisotopic (exact) mass is 485 g/mol. The molecule has 1 amide bonds. The maximum atomic E-state index is 13.6. The predicted molar refractivity (Wildman–Crippen MR) is 129 cm³/mol. The molecule has 0 aliphatic carbocycles. The van der Waals surface area contributed by atoms with Gasteiger partial charge in [0.25, 0.3) is 0 Å². The van der Waals surface area contributed by atoms with Gasteiger partial charge in [-0.1, -0.05) is 32.0 Å². The van der Waals surface area contributed by atoms with Crippen LogP contribution in [0.1, 0.15) is 32.8 Å². The van der Waals surface area contributed by atoms with E-state index < -0.39 is 22.2 Å². The van der Waals surface area contributed by atoms with Gasteiger partial charge >= 0.3 is 0 Å². The molecule has 1 N–H and O–H groups in total. The van der Waals surface area contributed by atoms with Crippen molar-refractivity contribution in [1.29, 1.82) is 5.26 Å². The standard InChI is InChI=1S/C25H31N3O5S/c1-5-25(30)27(4)15-23-17(2)14-28(18(3)16-29)34(31,32)24-11-10-21(12-22(24)33-23)20-8-6-19(13-26)7-9-20/h6-12,17-18,23,29H,5,14-16H2,1-4H3/t17-,18+,23+/m1/s1. The van der Waals surface area contributed by atoms with E-state index in [9.17, 15) is 18.3 Å². The number of carbonyl (C=O) groups is 1. The molecule has 8 nitrogen and oxygen atoms in total. The molecular weight excluding hydrogens is 454 g/mol. The lowest BCUT2D eigenvalue weighted by molar-refractivity contribution is -0.131. The van der Waals surface area contributed by atoms with Gasteiger partial charge in [-0.2, -0.15) is 9.57 Å². The SMILES string of the molecule is CCC(=O)N(C)C[C@@H]1Oc2cc(-c3ccc(C#N)cc3)ccc2S(=O)(=O)N([C@@H](C)CO)C[C@H]1C. The van der Waals surface area contributed by atoms with Gasteiger partial charge in [0.1, 0.15) is 16.7 Å². The van der Waals surface area contributed by atoms with E-state index in [2.05, 4.69) is 6.07 Å². The van der Waals surface area contributed by atoms with E-state index >= 15 is 0 Å². The van der Waals surface area contributed by atoms with E-state index in [-0.39, 0.29) is 35.6 Å². The van der Waals surface area contributed by atoms with Gasteiger partial charge in [-0.25, -0.2) is 8.42 Å². The molecule has 3 atom stereocenters. The Hall–Kier alpha value is -2.93. The number of sulfonamides is 1. The normalized spacial score (nSPS) is 20.7. The number of aliphatic hydroxyl groups excluding tert-OH is 1. The highest BCUT2D eigenvalue weighted by Crippen LogP contribution is 2.36. The number of rotatable bonds is 6. The van der Waals surface area contributed by atoms with Gasteiger partial charge in [0.15, 0.2) is 0 Å². The Balaban J connectivity index is 2.11. The smallest absolute Gasteiger partial charge is 0.247 e. The molecule has 1 heterocycles. The van der Waals surface area contributed by atoms with Crippen molar-refractivity contribution in [2.75, 3.05) is 26.7 Å². The quantitative estimate of drug-likeness (QED) is 0.674. The summed E-state index contributed by atoms with van der Waals surface area (Å²) in [6.45, 7) is 5.48. The van der Waals surface area contributed by atoms with Crippen molar-refractivity contribution in [1.82, 2.24) is 9.21 Å². The minimum atomic E-state index is -3.94. The third-order valence-corrected chi connectivity index (χ3v) is 8.22. The second-order valence-corrected chi connectivity index (χ2v) is 10.6. The van der Waals surface area contributed by atoms with Crippen molar-refractivity contribution in [2.45, 2.75) is 44.2 Å².